The lowest BCUT2D eigenvalue weighted by molar-refractivity contribution is 0.985. The van der Waals surface area contributed by atoms with Crippen molar-refractivity contribution in [3.8, 4) is 50.5 Å². The van der Waals surface area contributed by atoms with Crippen LogP contribution in [0.2, 0.25) is 0 Å². The van der Waals surface area contributed by atoms with Crippen LogP contribution in [0.1, 0.15) is 11.3 Å². The Morgan fingerprint density at radius 1 is 0.518 bits per heavy atom. The first-order valence-corrected chi connectivity index (χ1v) is 18.7. The van der Waals surface area contributed by atoms with Crippen molar-refractivity contribution in [1.29, 1.82) is 0 Å². The van der Waals surface area contributed by atoms with Crippen molar-refractivity contribution in [2.45, 2.75) is 13.8 Å². The van der Waals surface area contributed by atoms with Gasteiger partial charge in [-0.1, -0.05) is 115 Å². The number of aryl methyl sites for hydroxylation is 1. The average Bonchev–Trinajstić information content (AvgIpc) is 3.52. The van der Waals surface area contributed by atoms with E-state index in [4.69, 9.17) is 16.5 Å². The number of nitrogens with zero attached hydrogens (tertiary/aromatic N) is 5. The quantitative estimate of drug-likeness (QED) is 0.147. The number of rotatable bonds is 8. The molecule has 0 atom stereocenters. The Labute approximate surface area is 327 Å². The summed E-state index contributed by atoms with van der Waals surface area (Å²) in [6.07, 6.45) is 3.74. The number of aromatic nitrogens is 3. The highest BCUT2D eigenvalue weighted by Gasteiger charge is 2.22. The Morgan fingerprint density at radius 2 is 1.14 bits per heavy atom. The minimum absolute atomic E-state index is 0.532. The van der Waals surface area contributed by atoms with E-state index in [1.54, 1.807) is 0 Å². The predicted octanol–water partition coefficient (Wildman–Crippen LogP) is 13.7. The van der Waals surface area contributed by atoms with Crippen molar-refractivity contribution in [3.63, 3.8) is 0 Å². The summed E-state index contributed by atoms with van der Waals surface area (Å²) in [5.41, 5.74) is 15.0. The molecule has 6 aromatic carbocycles. The smallest absolute Gasteiger partial charge is 0.189 e. The molecule has 0 unspecified atom stereocenters. The van der Waals surface area contributed by atoms with Crippen molar-refractivity contribution in [3.05, 3.63) is 211 Å². The molecule has 0 bridgehead atoms. The molecule has 5 nitrogen and oxygen atoms in total. The second-order valence-electron chi connectivity index (χ2n) is 13.9. The van der Waals surface area contributed by atoms with Crippen LogP contribution >= 0.6 is 0 Å². The fourth-order valence-corrected chi connectivity index (χ4v) is 7.64. The monoisotopic (exact) mass is 719 g/mol. The minimum Gasteiger partial charge on any atom is -0.311 e. The summed E-state index contributed by atoms with van der Waals surface area (Å²) >= 11 is 0. The maximum atomic E-state index is 8.22. The fourth-order valence-electron chi connectivity index (χ4n) is 7.64. The summed E-state index contributed by atoms with van der Waals surface area (Å²) in [5.74, 6) is 0.858. The van der Waals surface area contributed by atoms with Crippen LogP contribution in [0.25, 0.3) is 66.2 Å². The van der Waals surface area contributed by atoms with E-state index in [0.29, 0.717) is 5.69 Å². The molecule has 3 aromatic heterocycles. The Hall–Kier alpha value is -7.55. The number of fused-ring (bicyclic) bond motifs is 1. The van der Waals surface area contributed by atoms with Gasteiger partial charge in [0.1, 0.15) is 5.82 Å². The number of anilines is 3. The van der Waals surface area contributed by atoms with Crippen LogP contribution in [0.4, 0.5) is 22.7 Å². The molecule has 0 spiro atoms. The van der Waals surface area contributed by atoms with Crippen LogP contribution < -0.4 is 4.90 Å². The lowest BCUT2D eigenvalue weighted by Crippen LogP contribution is -2.12. The number of hydrogen-bond donors (Lipinski definition) is 0. The number of benzene rings is 6. The zero-order valence-electron chi connectivity index (χ0n) is 31.1. The molecule has 56 heavy (non-hydrogen) atoms. The van der Waals surface area contributed by atoms with Gasteiger partial charge in [-0.2, -0.15) is 0 Å². The Bertz CT molecular complexity index is 2890. The lowest BCUT2D eigenvalue weighted by atomic mass is 10.00. The molecule has 266 valence electrons. The maximum Gasteiger partial charge on any atom is 0.189 e. The molecule has 0 aliphatic carbocycles. The van der Waals surface area contributed by atoms with Crippen LogP contribution in [0, 0.1) is 20.4 Å². The van der Waals surface area contributed by atoms with Crippen molar-refractivity contribution in [2.75, 3.05) is 4.90 Å². The standard InChI is InChI=1S/C51H37N5/c1-35-36(2)55(51-32-41(26-28-54-51)38-17-9-5-10-18-38)50-34-44(23-24-46(35)50)56(49-22-14-13-21-47(49)39-19-11-6-12-20-39)45-30-42(29-43(33-45)52-3)48-31-40(25-27-53-48)37-15-7-4-8-16-37/h4-34H,1-2H3. The number of para-hydroxylation sites is 1. The second kappa shape index (κ2) is 14.7. The molecule has 3 heterocycles. The second-order valence-corrected chi connectivity index (χ2v) is 13.9. The summed E-state index contributed by atoms with van der Waals surface area (Å²) in [6, 6.07) is 60.8. The topological polar surface area (TPSA) is 38.3 Å². The molecule has 0 N–H and O–H groups in total. The summed E-state index contributed by atoms with van der Waals surface area (Å²) in [7, 11) is 0. The first-order chi connectivity index (χ1) is 27.6. The summed E-state index contributed by atoms with van der Waals surface area (Å²) in [6.45, 7) is 12.6. The molecule has 0 saturated heterocycles. The van der Waals surface area contributed by atoms with Gasteiger partial charge in [0.15, 0.2) is 5.69 Å². The van der Waals surface area contributed by atoms with Crippen LogP contribution in [-0.2, 0) is 0 Å². The zero-order chi connectivity index (χ0) is 38.0. The van der Waals surface area contributed by atoms with E-state index in [-0.39, 0.29) is 0 Å². The predicted molar refractivity (Wildman–Crippen MR) is 231 cm³/mol. The van der Waals surface area contributed by atoms with Crippen molar-refractivity contribution >= 4 is 33.7 Å². The van der Waals surface area contributed by atoms with Gasteiger partial charge in [0.2, 0.25) is 0 Å². The van der Waals surface area contributed by atoms with Gasteiger partial charge < -0.3 is 4.90 Å². The summed E-state index contributed by atoms with van der Waals surface area (Å²) in [5, 5.41) is 1.16. The van der Waals surface area contributed by atoms with Gasteiger partial charge in [0.05, 0.1) is 23.5 Å². The zero-order valence-corrected chi connectivity index (χ0v) is 31.1. The molecule has 0 fully saturated rings. The third-order valence-electron chi connectivity index (χ3n) is 10.5. The minimum atomic E-state index is 0.532. The van der Waals surface area contributed by atoms with Gasteiger partial charge in [-0.15, -0.1) is 0 Å². The molecule has 0 aliphatic rings. The molecule has 5 heteroatoms. The molecule has 9 aromatic rings. The molecule has 0 aliphatic heterocycles. The van der Waals surface area contributed by atoms with Gasteiger partial charge in [-0.3, -0.25) is 9.55 Å². The van der Waals surface area contributed by atoms with Crippen LogP contribution in [0.15, 0.2) is 188 Å². The number of hydrogen-bond acceptors (Lipinski definition) is 3. The first-order valence-electron chi connectivity index (χ1n) is 18.7. The average molecular weight is 720 g/mol. The van der Waals surface area contributed by atoms with Crippen molar-refractivity contribution in [2.24, 2.45) is 0 Å². The van der Waals surface area contributed by atoms with Crippen molar-refractivity contribution in [1.82, 2.24) is 14.5 Å². The number of pyridine rings is 2. The Kier molecular flexibility index (Phi) is 8.99. The van der Waals surface area contributed by atoms with Gasteiger partial charge in [-0.25, -0.2) is 9.83 Å². The van der Waals surface area contributed by atoms with Gasteiger partial charge in [0, 0.05) is 40.4 Å². The molecule has 0 amide bonds. The summed E-state index contributed by atoms with van der Waals surface area (Å²) in [4.78, 5) is 16.0. The largest absolute Gasteiger partial charge is 0.311 e. The van der Waals surface area contributed by atoms with Crippen LogP contribution in [-0.4, -0.2) is 14.5 Å². The van der Waals surface area contributed by atoms with E-state index < -0.39 is 0 Å². The van der Waals surface area contributed by atoms with E-state index in [0.717, 1.165) is 84.1 Å². The molecular weight excluding hydrogens is 683 g/mol. The van der Waals surface area contributed by atoms with Gasteiger partial charge in [0.25, 0.3) is 0 Å². The normalized spacial score (nSPS) is 11.0. The molecule has 9 rings (SSSR count). The first kappa shape index (κ1) is 34.2. The molecule has 0 radical (unpaired) electrons. The van der Waals surface area contributed by atoms with Crippen LogP contribution in [0.5, 0.6) is 0 Å². The molecule has 0 saturated carbocycles. The maximum absolute atomic E-state index is 8.22. The van der Waals surface area contributed by atoms with E-state index >= 15 is 0 Å². The Balaban J connectivity index is 1.26. The van der Waals surface area contributed by atoms with E-state index in [2.05, 4.69) is 156 Å². The van der Waals surface area contributed by atoms with E-state index in [1.165, 1.54) is 5.56 Å². The SMILES string of the molecule is [C-]#[N+]c1cc(-c2cc(-c3ccccc3)ccn2)cc(N(c2ccc3c(C)c(C)n(-c4cc(-c5ccccc5)ccn4)c3c2)c2ccccc2-c2ccccc2)c1. The van der Waals surface area contributed by atoms with Gasteiger partial charge in [-0.05, 0) is 113 Å². The Morgan fingerprint density at radius 3 is 1.84 bits per heavy atom. The highest BCUT2D eigenvalue weighted by atomic mass is 15.2. The summed E-state index contributed by atoms with van der Waals surface area (Å²) < 4.78 is 2.27. The third kappa shape index (κ3) is 6.40. The van der Waals surface area contributed by atoms with E-state index in [9.17, 15) is 0 Å². The highest BCUT2D eigenvalue weighted by Crippen LogP contribution is 2.45. The van der Waals surface area contributed by atoms with Crippen molar-refractivity contribution < 1.29 is 0 Å². The third-order valence-corrected chi connectivity index (χ3v) is 10.5. The fraction of sp³-hybridized carbons (Fsp3) is 0.0392. The van der Waals surface area contributed by atoms with Crippen LogP contribution in [0.3, 0.4) is 0 Å². The lowest BCUT2D eigenvalue weighted by Gasteiger charge is -2.29. The highest BCUT2D eigenvalue weighted by molar-refractivity contribution is 5.95. The molecular formula is C51H37N5. The van der Waals surface area contributed by atoms with E-state index in [1.807, 2.05) is 60.9 Å². The van der Waals surface area contributed by atoms with Gasteiger partial charge >= 0.3 is 0 Å².